The summed E-state index contributed by atoms with van der Waals surface area (Å²) in [5, 5.41) is 11.4. The zero-order chi connectivity index (χ0) is 28.8. The quantitative estimate of drug-likeness (QED) is 0.395. The first-order valence-electron chi connectivity index (χ1n) is 14.1. The predicted molar refractivity (Wildman–Crippen MR) is 154 cm³/mol. The van der Waals surface area contributed by atoms with Crippen molar-refractivity contribution >= 4 is 35.1 Å². The zero-order valence-corrected chi connectivity index (χ0v) is 24.8. The smallest absolute Gasteiger partial charge is 0.330 e. The van der Waals surface area contributed by atoms with Gasteiger partial charge in [0.15, 0.2) is 0 Å². The van der Waals surface area contributed by atoms with Crippen LogP contribution in [0.5, 0.6) is 0 Å². The van der Waals surface area contributed by atoms with Gasteiger partial charge in [0.05, 0.1) is 18.3 Å². The van der Waals surface area contributed by atoms with Crippen LogP contribution in [0.25, 0.3) is 0 Å². The van der Waals surface area contributed by atoms with Crippen LogP contribution in [-0.2, 0) is 22.5 Å². The van der Waals surface area contributed by atoms with Gasteiger partial charge in [0.1, 0.15) is 11.4 Å². The topological polar surface area (TPSA) is 70.1 Å². The Kier molecular flexibility index (Phi) is 8.23. The van der Waals surface area contributed by atoms with E-state index in [2.05, 4.69) is 4.90 Å². The SMILES string of the molecule is CC(C)(C)C1(C(=O)O)CCCN1C(=O)c1cc(C2CC2)c(CN2CCOC(Cc3cc(Cl)cc(Cl)c3)C2)cc1F. The van der Waals surface area contributed by atoms with Gasteiger partial charge >= 0.3 is 5.97 Å². The van der Waals surface area contributed by atoms with E-state index in [1.807, 2.05) is 32.9 Å². The van der Waals surface area contributed by atoms with Crippen molar-refractivity contribution in [3.05, 3.63) is 68.4 Å². The number of hydrogen-bond donors (Lipinski definition) is 1. The number of carbonyl (C=O) groups is 2. The van der Waals surface area contributed by atoms with E-state index < -0.39 is 28.6 Å². The number of nitrogens with zero attached hydrogens (tertiary/aromatic N) is 2. The Labute approximate surface area is 245 Å². The van der Waals surface area contributed by atoms with E-state index in [9.17, 15) is 14.7 Å². The molecule has 2 unspecified atom stereocenters. The molecular formula is C31H37Cl2FN2O4. The third-order valence-electron chi connectivity index (χ3n) is 8.70. The number of benzene rings is 2. The average Bonchev–Trinajstić information content (AvgIpc) is 3.58. The van der Waals surface area contributed by atoms with Crippen molar-refractivity contribution in [1.29, 1.82) is 0 Å². The minimum atomic E-state index is -1.37. The van der Waals surface area contributed by atoms with Crippen LogP contribution in [-0.4, -0.2) is 64.7 Å². The molecule has 0 aromatic heterocycles. The molecule has 2 saturated heterocycles. The Morgan fingerprint density at radius 3 is 2.42 bits per heavy atom. The molecule has 1 amide bonds. The van der Waals surface area contributed by atoms with Gasteiger partial charge in [0.2, 0.25) is 0 Å². The number of carbonyl (C=O) groups excluding carboxylic acids is 1. The van der Waals surface area contributed by atoms with Crippen molar-refractivity contribution in [3.63, 3.8) is 0 Å². The molecule has 0 radical (unpaired) electrons. The minimum Gasteiger partial charge on any atom is -0.479 e. The van der Waals surface area contributed by atoms with Gasteiger partial charge < -0.3 is 14.7 Å². The summed E-state index contributed by atoms with van der Waals surface area (Å²) in [6.07, 6.45) is 3.55. The van der Waals surface area contributed by atoms with Gasteiger partial charge in [-0.2, -0.15) is 0 Å². The highest BCUT2D eigenvalue weighted by Gasteiger charge is 2.57. The number of rotatable bonds is 7. The molecule has 2 atom stereocenters. The summed E-state index contributed by atoms with van der Waals surface area (Å²) in [7, 11) is 0. The third-order valence-corrected chi connectivity index (χ3v) is 9.14. The number of hydrogen-bond acceptors (Lipinski definition) is 4. The maximum Gasteiger partial charge on any atom is 0.330 e. The Hall–Kier alpha value is -2.19. The maximum absolute atomic E-state index is 15.7. The van der Waals surface area contributed by atoms with Gasteiger partial charge in [-0.25, -0.2) is 9.18 Å². The zero-order valence-electron chi connectivity index (χ0n) is 23.3. The number of aliphatic carboxylic acids is 1. The molecule has 3 fully saturated rings. The average molecular weight is 592 g/mol. The molecule has 1 aliphatic carbocycles. The van der Waals surface area contributed by atoms with Crippen molar-refractivity contribution in [2.45, 2.75) is 77.0 Å². The van der Waals surface area contributed by atoms with E-state index in [1.165, 1.54) is 11.0 Å². The summed E-state index contributed by atoms with van der Waals surface area (Å²) in [6.45, 7) is 8.31. The van der Waals surface area contributed by atoms with E-state index in [4.69, 9.17) is 27.9 Å². The molecule has 2 aliphatic heterocycles. The summed E-state index contributed by atoms with van der Waals surface area (Å²) in [6, 6.07) is 8.69. The number of halogens is 3. The first kappa shape index (κ1) is 29.3. The largest absolute Gasteiger partial charge is 0.479 e. The maximum atomic E-state index is 15.7. The van der Waals surface area contributed by atoms with E-state index in [0.717, 1.165) is 36.1 Å². The molecule has 3 aliphatic rings. The molecule has 216 valence electrons. The molecule has 40 heavy (non-hydrogen) atoms. The van der Waals surface area contributed by atoms with Crippen molar-refractivity contribution in [2.24, 2.45) is 5.41 Å². The fourth-order valence-corrected chi connectivity index (χ4v) is 7.12. The van der Waals surface area contributed by atoms with Crippen LogP contribution in [0.3, 0.4) is 0 Å². The lowest BCUT2D eigenvalue weighted by molar-refractivity contribution is -0.155. The van der Waals surface area contributed by atoms with Crippen molar-refractivity contribution in [1.82, 2.24) is 9.80 Å². The monoisotopic (exact) mass is 590 g/mol. The Bertz CT molecular complexity index is 1290. The summed E-state index contributed by atoms with van der Waals surface area (Å²) in [5.41, 5.74) is 0.774. The van der Waals surface area contributed by atoms with Gasteiger partial charge in [0, 0.05) is 36.2 Å². The van der Waals surface area contributed by atoms with Gasteiger partial charge in [-0.1, -0.05) is 44.0 Å². The molecule has 9 heteroatoms. The van der Waals surface area contributed by atoms with E-state index in [0.29, 0.717) is 55.5 Å². The molecule has 5 rings (SSSR count). The molecule has 1 saturated carbocycles. The number of morpholine rings is 1. The number of carboxylic acids is 1. The highest BCUT2D eigenvalue weighted by Crippen LogP contribution is 2.46. The Balaban J connectivity index is 1.37. The fraction of sp³-hybridized carbons (Fsp3) is 0.548. The summed E-state index contributed by atoms with van der Waals surface area (Å²) in [4.78, 5) is 30.0. The Morgan fingerprint density at radius 2 is 1.80 bits per heavy atom. The highest BCUT2D eigenvalue weighted by molar-refractivity contribution is 6.34. The van der Waals surface area contributed by atoms with Gasteiger partial charge in [-0.3, -0.25) is 9.69 Å². The lowest BCUT2D eigenvalue weighted by atomic mass is 9.71. The third kappa shape index (κ3) is 5.76. The van der Waals surface area contributed by atoms with Crippen LogP contribution in [0.4, 0.5) is 4.39 Å². The Morgan fingerprint density at radius 1 is 1.10 bits per heavy atom. The van der Waals surface area contributed by atoms with E-state index in [1.54, 1.807) is 12.1 Å². The number of likely N-dealkylation sites (tertiary alicyclic amines) is 1. The lowest BCUT2D eigenvalue weighted by Gasteiger charge is -2.44. The minimum absolute atomic E-state index is 0.0277. The van der Waals surface area contributed by atoms with Crippen LogP contribution in [0.2, 0.25) is 10.0 Å². The van der Waals surface area contributed by atoms with Crippen molar-refractivity contribution < 1.29 is 23.8 Å². The van der Waals surface area contributed by atoms with E-state index >= 15 is 4.39 Å². The first-order valence-corrected chi connectivity index (χ1v) is 14.8. The van der Waals surface area contributed by atoms with Crippen LogP contribution in [0.15, 0.2) is 30.3 Å². The molecule has 2 aromatic carbocycles. The molecule has 0 bridgehead atoms. The van der Waals surface area contributed by atoms with E-state index in [-0.39, 0.29) is 17.6 Å². The standard InChI is InChI=1S/C31H37Cl2FN2O4/c1-30(2,3)31(29(38)39)7-4-8-36(31)28(37)26-16-25(20-5-6-20)21(14-27(26)34)17-35-9-10-40-24(18-35)13-19-11-22(32)15-23(33)12-19/h11-12,14-16,20,24H,4-10,13,17-18H2,1-3H3,(H,38,39). The van der Waals surface area contributed by atoms with Crippen LogP contribution in [0, 0.1) is 11.2 Å². The number of carboxylic acid groups (broad SMARTS) is 1. The van der Waals surface area contributed by atoms with Crippen molar-refractivity contribution in [3.8, 4) is 0 Å². The van der Waals surface area contributed by atoms with Crippen LogP contribution >= 0.6 is 23.2 Å². The fourth-order valence-electron chi connectivity index (χ4n) is 6.55. The predicted octanol–water partition coefficient (Wildman–Crippen LogP) is 6.56. The molecule has 6 nitrogen and oxygen atoms in total. The highest BCUT2D eigenvalue weighted by atomic mass is 35.5. The molecule has 1 N–H and O–H groups in total. The molecule has 0 spiro atoms. The molecular weight excluding hydrogens is 554 g/mol. The lowest BCUT2D eigenvalue weighted by Crippen LogP contribution is -2.60. The van der Waals surface area contributed by atoms with Crippen molar-refractivity contribution in [2.75, 3.05) is 26.2 Å². The first-order chi connectivity index (χ1) is 18.9. The summed E-state index contributed by atoms with van der Waals surface area (Å²) >= 11 is 12.3. The van der Waals surface area contributed by atoms with Crippen LogP contribution < -0.4 is 0 Å². The second-order valence-electron chi connectivity index (χ2n) is 12.5. The number of amides is 1. The second kappa shape index (κ2) is 11.2. The summed E-state index contributed by atoms with van der Waals surface area (Å²) < 4.78 is 21.7. The van der Waals surface area contributed by atoms with Gasteiger partial charge in [-0.15, -0.1) is 0 Å². The molecule has 2 heterocycles. The van der Waals surface area contributed by atoms with Crippen LogP contribution in [0.1, 0.15) is 79.4 Å². The second-order valence-corrected chi connectivity index (χ2v) is 13.4. The normalized spacial score (nSPS) is 23.9. The summed E-state index contributed by atoms with van der Waals surface area (Å²) in [5.74, 6) is -1.87. The van der Waals surface area contributed by atoms with Gasteiger partial charge in [-0.05, 0) is 90.5 Å². The van der Waals surface area contributed by atoms with Gasteiger partial charge in [0.25, 0.3) is 5.91 Å². The number of ether oxygens (including phenoxy) is 1. The molecule has 2 aromatic rings.